The van der Waals surface area contributed by atoms with Gasteiger partial charge in [-0.1, -0.05) is 6.07 Å². The molecule has 1 saturated heterocycles. The number of alkyl halides is 3. The lowest BCUT2D eigenvalue weighted by molar-refractivity contribution is -0.141. The number of nitrogens with zero attached hydrogens (tertiary/aromatic N) is 3. The second-order valence-electron chi connectivity index (χ2n) is 7.14. The first-order valence-electron chi connectivity index (χ1n) is 9.36. The molecule has 0 spiro atoms. The van der Waals surface area contributed by atoms with Crippen LogP contribution < -0.4 is 10.2 Å². The van der Waals surface area contributed by atoms with Crippen LogP contribution in [0.2, 0.25) is 0 Å². The van der Waals surface area contributed by atoms with Gasteiger partial charge in [-0.2, -0.15) is 13.2 Å². The molecule has 2 N–H and O–H groups in total. The molecule has 3 aromatic rings. The van der Waals surface area contributed by atoms with Gasteiger partial charge in [0.05, 0.1) is 0 Å². The number of anilines is 1. The van der Waals surface area contributed by atoms with E-state index in [4.69, 9.17) is 0 Å². The molecule has 1 aliphatic heterocycles. The highest BCUT2D eigenvalue weighted by Gasteiger charge is 2.34. The van der Waals surface area contributed by atoms with Crippen LogP contribution in [0.15, 0.2) is 36.5 Å². The minimum atomic E-state index is -4.51. The number of amides is 1. The summed E-state index contributed by atoms with van der Waals surface area (Å²) < 4.78 is 39.0. The molecule has 152 valence electrons. The number of carbonyl (C=O) groups is 1. The molecule has 1 fully saturated rings. The first-order valence-corrected chi connectivity index (χ1v) is 9.36. The Balaban J connectivity index is 1.42. The maximum atomic E-state index is 13.0. The van der Waals surface area contributed by atoms with Crippen LogP contribution in [0.3, 0.4) is 0 Å². The summed E-state index contributed by atoms with van der Waals surface area (Å²) in [6, 6.07) is 8.32. The molecule has 29 heavy (non-hydrogen) atoms. The van der Waals surface area contributed by atoms with E-state index in [2.05, 4.69) is 20.3 Å². The largest absolute Gasteiger partial charge is 0.433 e. The quantitative estimate of drug-likeness (QED) is 0.700. The van der Waals surface area contributed by atoms with Gasteiger partial charge in [0.1, 0.15) is 17.3 Å². The monoisotopic (exact) mass is 403 g/mol. The van der Waals surface area contributed by atoms with Gasteiger partial charge in [0.2, 0.25) is 0 Å². The fourth-order valence-corrected chi connectivity index (χ4v) is 3.66. The topological polar surface area (TPSA) is 73.9 Å². The minimum absolute atomic E-state index is 0.0435. The SMILES string of the molecule is Cc1nc(N2CCC(NC(=O)c3cccc4[nH]ccc34)CC2)cc(C(F)(F)F)n1. The number of benzene rings is 1. The molecule has 0 radical (unpaired) electrons. The number of carbonyl (C=O) groups excluding carboxylic acids is 1. The third kappa shape index (κ3) is 4.03. The predicted octanol–water partition coefficient (Wildman–Crippen LogP) is 3.68. The van der Waals surface area contributed by atoms with Crippen molar-refractivity contribution in [3.8, 4) is 0 Å². The van der Waals surface area contributed by atoms with Crippen LogP contribution in [0.4, 0.5) is 19.0 Å². The van der Waals surface area contributed by atoms with Gasteiger partial charge in [-0.3, -0.25) is 4.79 Å². The van der Waals surface area contributed by atoms with E-state index < -0.39 is 11.9 Å². The Bertz CT molecular complexity index is 1040. The Hall–Kier alpha value is -3.10. The van der Waals surface area contributed by atoms with Crippen molar-refractivity contribution in [3.05, 3.63) is 53.6 Å². The molecule has 1 amide bonds. The number of rotatable bonds is 3. The molecule has 9 heteroatoms. The number of piperidine rings is 1. The number of hydrogen-bond donors (Lipinski definition) is 2. The molecule has 0 aliphatic carbocycles. The molecule has 0 atom stereocenters. The Labute approximate surface area is 165 Å². The highest BCUT2D eigenvalue weighted by molar-refractivity contribution is 6.06. The van der Waals surface area contributed by atoms with Crippen LogP contribution in [-0.4, -0.2) is 40.0 Å². The molecule has 6 nitrogen and oxygen atoms in total. The van der Waals surface area contributed by atoms with E-state index >= 15 is 0 Å². The number of aromatic nitrogens is 3. The Morgan fingerprint density at radius 1 is 1.21 bits per heavy atom. The van der Waals surface area contributed by atoms with Crippen LogP contribution in [0.25, 0.3) is 10.9 Å². The number of H-pyrrole nitrogens is 1. The van der Waals surface area contributed by atoms with Gasteiger partial charge in [0.15, 0.2) is 0 Å². The number of nitrogens with one attached hydrogen (secondary N) is 2. The zero-order valence-corrected chi connectivity index (χ0v) is 15.8. The van der Waals surface area contributed by atoms with Gasteiger partial charge < -0.3 is 15.2 Å². The molecule has 0 bridgehead atoms. The van der Waals surface area contributed by atoms with Crippen molar-refractivity contribution in [3.63, 3.8) is 0 Å². The van der Waals surface area contributed by atoms with Gasteiger partial charge in [-0.05, 0) is 38.0 Å². The fourth-order valence-electron chi connectivity index (χ4n) is 3.66. The average Bonchev–Trinajstić information content (AvgIpc) is 3.16. The number of fused-ring (bicyclic) bond motifs is 1. The molecule has 2 aromatic heterocycles. The lowest BCUT2D eigenvalue weighted by atomic mass is 10.0. The fraction of sp³-hybridized carbons (Fsp3) is 0.350. The maximum Gasteiger partial charge on any atom is 0.433 e. The molecule has 1 aliphatic rings. The van der Waals surface area contributed by atoms with E-state index in [0.29, 0.717) is 31.5 Å². The summed E-state index contributed by atoms with van der Waals surface area (Å²) in [6.45, 7) is 2.47. The number of hydrogen-bond acceptors (Lipinski definition) is 4. The van der Waals surface area contributed by atoms with Gasteiger partial charge >= 0.3 is 6.18 Å². The van der Waals surface area contributed by atoms with E-state index in [-0.39, 0.29) is 23.6 Å². The van der Waals surface area contributed by atoms with E-state index in [1.54, 1.807) is 17.2 Å². The van der Waals surface area contributed by atoms with Gasteiger partial charge in [0, 0.05) is 47.9 Å². The Morgan fingerprint density at radius 2 is 1.97 bits per heavy atom. The lowest BCUT2D eigenvalue weighted by Gasteiger charge is -2.33. The summed E-state index contributed by atoms with van der Waals surface area (Å²) in [5, 5.41) is 3.90. The number of aryl methyl sites for hydroxylation is 1. The van der Waals surface area contributed by atoms with Gasteiger partial charge in [0.25, 0.3) is 5.91 Å². The molecule has 0 saturated carbocycles. The van der Waals surface area contributed by atoms with Crippen molar-refractivity contribution in [2.45, 2.75) is 32.0 Å². The summed E-state index contributed by atoms with van der Waals surface area (Å²) >= 11 is 0. The van der Waals surface area contributed by atoms with Crippen molar-refractivity contribution in [1.29, 1.82) is 0 Å². The van der Waals surface area contributed by atoms with Crippen LogP contribution in [0.1, 0.15) is 34.7 Å². The van der Waals surface area contributed by atoms with Crippen LogP contribution in [0.5, 0.6) is 0 Å². The first kappa shape index (κ1) is 19.2. The smallest absolute Gasteiger partial charge is 0.361 e. The zero-order chi connectivity index (χ0) is 20.6. The molecule has 3 heterocycles. The van der Waals surface area contributed by atoms with Crippen molar-refractivity contribution < 1.29 is 18.0 Å². The zero-order valence-electron chi connectivity index (χ0n) is 15.8. The lowest BCUT2D eigenvalue weighted by Crippen LogP contribution is -2.45. The highest BCUT2D eigenvalue weighted by atomic mass is 19.4. The van der Waals surface area contributed by atoms with E-state index in [9.17, 15) is 18.0 Å². The van der Waals surface area contributed by atoms with E-state index in [1.807, 2.05) is 18.2 Å². The maximum absolute atomic E-state index is 13.0. The third-order valence-corrected chi connectivity index (χ3v) is 5.11. The van der Waals surface area contributed by atoms with Gasteiger partial charge in [-0.15, -0.1) is 0 Å². The van der Waals surface area contributed by atoms with Crippen LogP contribution >= 0.6 is 0 Å². The molecule has 0 unspecified atom stereocenters. The summed E-state index contributed by atoms with van der Waals surface area (Å²) in [7, 11) is 0. The van der Waals surface area contributed by atoms with Crippen molar-refractivity contribution >= 4 is 22.6 Å². The standard InChI is InChI=1S/C20H20F3N5O/c1-12-25-17(20(21,22)23)11-18(26-12)28-9-6-13(7-10-28)27-19(29)15-3-2-4-16-14(15)5-8-24-16/h2-5,8,11,13,24H,6-7,9-10H2,1H3,(H,27,29). The van der Waals surface area contributed by atoms with Crippen molar-refractivity contribution in [2.75, 3.05) is 18.0 Å². The summed E-state index contributed by atoms with van der Waals surface area (Å²) in [5.41, 5.74) is 0.564. The minimum Gasteiger partial charge on any atom is -0.361 e. The average molecular weight is 403 g/mol. The normalized spacial score (nSPS) is 15.7. The second-order valence-corrected chi connectivity index (χ2v) is 7.14. The first-order chi connectivity index (χ1) is 13.8. The third-order valence-electron chi connectivity index (χ3n) is 5.11. The molecular formula is C20H20F3N5O. The van der Waals surface area contributed by atoms with E-state index in [0.717, 1.165) is 17.0 Å². The summed E-state index contributed by atoms with van der Waals surface area (Å²) in [4.78, 5) is 25.2. The molecular weight excluding hydrogens is 383 g/mol. The van der Waals surface area contributed by atoms with Crippen molar-refractivity contribution in [1.82, 2.24) is 20.3 Å². The summed E-state index contributed by atoms with van der Waals surface area (Å²) in [6.07, 6.45) is -1.47. The second kappa shape index (κ2) is 7.38. The molecule has 4 rings (SSSR count). The van der Waals surface area contributed by atoms with Gasteiger partial charge in [-0.25, -0.2) is 9.97 Å². The van der Waals surface area contributed by atoms with Crippen LogP contribution in [-0.2, 0) is 6.18 Å². The number of aromatic amines is 1. The predicted molar refractivity (Wildman–Crippen MR) is 103 cm³/mol. The Morgan fingerprint density at radius 3 is 2.69 bits per heavy atom. The van der Waals surface area contributed by atoms with E-state index in [1.165, 1.54) is 6.92 Å². The summed E-state index contributed by atoms with van der Waals surface area (Å²) in [5.74, 6) is 0.211. The van der Waals surface area contributed by atoms with Crippen LogP contribution in [0, 0.1) is 6.92 Å². The van der Waals surface area contributed by atoms with Crippen molar-refractivity contribution in [2.24, 2.45) is 0 Å². The Kier molecular flexibility index (Phi) is 4.89. The molecule has 1 aromatic carbocycles. The number of halogens is 3. The highest BCUT2D eigenvalue weighted by Crippen LogP contribution is 2.30.